The number of benzene rings is 1. The van der Waals surface area contributed by atoms with Gasteiger partial charge in [0.2, 0.25) is 0 Å². The normalized spacial score (nSPS) is 10.3. The molecule has 3 N–H and O–H groups in total. The lowest BCUT2D eigenvalue weighted by Crippen LogP contribution is -2.22. The Morgan fingerprint density at radius 1 is 1.40 bits per heavy atom. The molecule has 106 valence electrons. The summed E-state index contributed by atoms with van der Waals surface area (Å²) in [5.74, 6) is 0.469. The van der Waals surface area contributed by atoms with Gasteiger partial charge < -0.3 is 15.8 Å². The van der Waals surface area contributed by atoms with Gasteiger partial charge in [0, 0.05) is 22.2 Å². The van der Waals surface area contributed by atoms with Crippen molar-refractivity contribution in [3.63, 3.8) is 0 Å². The molecule has 20 heavy (non-hydrogen) atoms. The highest BCUT2D eigenvalue weighted by molar-refractivity contribution is 7.10. The fraction of sp³-hybridized carbons (Fsp3) is 0.267. The number of aryl methyl sites for hydroxylation is 1. The van der Waals surface area contributed by atoms with Crippen LogP contribution in [-0.2, 0) is 6.54 Å². The Morgan fingerprint density at radius 3 is 2.85 bits per heavy atom. The maximum absolute atomic E-state index is 12.1. The van der Waals surface area contributed by atoms with Crippen LogP contribution in [0.1, 0.15) is 27.7 Å². The second kappa shape index (κ2) is 6.43. The number of nitrogens with two attached hydrogens (primary N) is 1. The predicted octanol–water partition coefficient (Wildman–Crippen LogP) is 2.97. The molecule has 0 aliphatic carbocycles. The minimum atomic E-state index is -0.147. The largest absolute Gasteiger partial charge is 0.494 e. The van der Waals surface area contributed by atoms with Crippen molar-refractivity contribution in [3.05, 3.63) is 45.6 Å². The molecule has 2 aromatic rings. The number of hydrogen-bond acceptors (Lipinski definition) is 4. The van der Waals surface area contributed by atoms with Crippen molar-refractivity contribution in [2.75, 3.05) is 12.3 Å². The van der Waals surface area contributed by atoms with E-state index in [9.17, 15) is 4.79 Å². The number of nitrogen functional groups attached to an aromatic ring is 1. The van der Waals surface area contributed by atoms with Crippen LogP contribution in [0.15, 0.2) is 29.6 Å². The molecule has 1 amide bonds. The van der Waals surface area contributed by atoms with Crippen LogP contribution in [0.25, 0.3) is 0 Å². The first-order chi connectivity index (χ1) is 9.60. The fourth-order valence-electron chi connectivity index (χ4n) is 1.85. The van der Waals surface area contributed by atoms with Crippen molar-refractivity contribution in [1.29, 1.82) is 0 Å². The molecule has 2 rings (SSSR count). The van der Waals surface area contributed by atoms with Crippen LogP contribution >= 0.6 is 11.3 Å². The molecule has 0 unspecified atom stereocenters. The highest BCUT2D eigenvalue weighted by Crippen LogP contribution is 2.19. The molecule has 0 spiro atoms. The average Bonchev–Trinajstić information content (AvgIpc) is 2.81. The van der Waals surface area contributed by atoms with E-state index in [1.165, 1.54) is 5.56 Å². The molecular formula is C15H18N2O2S. The molecule has 1 aromatic carbocycles. The van der Waals surface area contributed by atoms with E-state index >= 15 is 0 Å². The van der Waals surface area contributed by atoms with Crippen molar-refractivity contribution < 1.29 is 9.53 Å². The lowest BCUT2D eigenvalue weighted by Gasteiger charge is -2.09. The van der Waals surface area contributed by atoms with Gasteiger partial charge in [-0.15, -0.1) is 11.3 Å². The van der Waals surface area contributed by atoms with Crippen LogP contribution in [-0.4, -0.2) is 12.5 Å². The summed E-state index contributed by atoms with van der Waals surface area (Å²) in [5, 5.41) is 4.92. The molecule has 1 aromatic heterocycles. The second-order valence-corrected chi connectivity index (χ2v) is 5.43. The number of rotatable bonds is 5. The summed E-state index contributed by atoms with van der Waals surface area (Å²) < 4.78 is 5.39. The highest BCUT2D eigenvalue weighted by atomic mass is 32.1. The van der Waals surface area contributed by atoms with E-state index < -0.39 is 0 Å². The zero-order valence-corrected chi connectivity index (χ0v) is 12.4. The van der Waals surface area contributed by atoms with E-state index in [0.29, 0.717) is 30.2 Å². The summed E-state index contributed by atoms with van der Waals surface area (Å²) >= 11 is 1.64. The number of carbonyl (C=O) groups excluding carboxylic acids is 1. The van der Waals surface area contributed by atoms with Gasteiger partial charge in [0.05, 0.1) is 13.2 Å². The van der Waals surface area contributed by atoms with Crippen molar-refractivity contribution in [1.82, 2.24) is 5.32 Å². The maximum Gasteiger partial charge on any atom is 0.251 e. The Bertz CT molecular complexity index is 608. The molecule has 0 aliphatic rings. The van der Waals surface area contributed by atoms with Gasteiger partial charge in [-0.05, 0) is 43.0 Å². The first kappa shape index (κ1) is 14.4. The molecule has 5 heteroatoms. The smallest absolute Gasteiger partial charge is 0.251 e. The summed E-state index contributed by atoms with van der Waals surface area (Å²) in [4.78, 5) is 13.3. The maximum atomic E-state index is 12.1. The highest BCUT2D eigenvalue weighted by Gasteiger charge is 2.09. The first-order valence-electron chi connectivity index (χ1n) is 6.44. The van der Waals surface area contributed by atoms with E-state index in [1.54, 1.807) is 29.5 Å². The van der Waals surface area contributed by atoms with Crippen LogP contribution in [0.3, 0.4) is 0 Å². The van der Waals surface area contributed by atoms with Gasteiger partial charge in [-0.25, -0.2) is 0 Å². The number of thiophene rings is 1. The number of carbonyl (C=O) groups is 1. The van der Waals surface area contributed by atoms with Crippen molar-refractivity contribution in [2.45, 2.75) is 20.4 Å². The van der Waals surface area contributed by atoms with E-state index in [1.807, 2.05) is 25.3 Å². The van der Waals surface area contributed by atoms with Crippen LogP contribution in [0.4, 0.5) is 5.69 Å². The average molecular weight is 290 g/mol. The van der Waals surface area contributed by atoms with Crippen molar-refractivity contribution >= 4 is 22.9 Å². The van der Waals surface area contributed by atoms with Gasteiger partial charge in [-0.3, -0.25) is 4.79 Å². The molecular weight excluding hydrogens is 272 g/mol. The van der Waals surface area contributed by atoms with Crippen LogP contribution in [0, 0.1) is 6.92 Å². The van der Waals surface area contributed by atoms with Crippen LogP contribution in [0.2, 0.25) is 0 Å². The van der Waals surface area contributed by atoms with Crippen molar-refractivity contribution in [3.8, 4) is 5.75 Å². The van der Waals surface area contributed by atoms with Gasteiger partial charge in [0.15, 0.2) is 0 Å². The van der Waals surface area contributed by atoms with Crippen LogP contribution < -0.4 is 15.8 Å². The van der Waals surface area contributed by atoms with Gasteiger partial charge in [-0.2, -0.15) is 0 Å². The van der Waals surface area contributed by atoms with Gasteiger partial charge in [0.1, 0.15) is 5.75 Å². The fourth-order valence-corrected chi connectivity index (χ4v) is 2.70. The zero-order valence-electron chi connectivity index (χ0n) is 11.6. The Morgan fingerprint density at radius 2 is 2.20 bits per heavy atom. The summed E-state index contributed by atoms with van der Waals surface area (Å²) in [5.41, 5.74) is 8.01. The summed E-state index contributed by atoms with van der Waals surface area (Å²) in [7, 11) is 0. The lowest BCUT2D eigenvalue weighted by atomic mass is 10.1. The number of amides is 1. The van der Waals surface area contributed by atoms with E-state index in [4.69, 9.17) is 10.5 Å². The molecule has 0 atom stereocenters. The standard InChI is InChI=1S/C15H18N2O2S/c1-3-19-13-7-11(6-12(16)8-13)15(18)17-9-14-10(2)4-5-20-14/h4-8H,3,9,16H2,1-2H3,(H,17,18). The third-order valence-electron chi connectivity index (χ3n) is 2.88. The minimum absolute atomic E-state index is 0.147. The predicted molar refractivity (Wildman–Crippen MR) is 82.2 cm³/mol. The lowest BCUT2D eigenvalue weighted by molar-refractivity contribution is 0.0951. The summed E-state index contributed by atoms with van der Waals surface area (Å²) in [6, 6.07) is 7.11. The SMILES string of the molecule is CCOc1cc(N)cc(C(=O)NCc2sccc2C)c1. The van der Waals surface area contributed by atoms with E-state index in [2.05, 4.69) is 5.32 Å². The molecule has 0 aliphatic heterocycles. The number of ether oxygens (including phenoxy) is 1. The van der Waals surface area contributed by atoms with Crippen molar-refractivity contribution in [2.24, 2.45) is 0 Å². The number of anilines is 1. The molecule has 0 saturated heterocycles. The zero-order chi connectivity index (χ0) is 14.5. The topological polar surface area (TPSA) is 64.3 Å². The molecule has 0 bridgehead atoms. The monoisotopic (exact) mass is 290 g/mol. The Hall–Kier alpha value is -2.01. The second-order valence-electron chi connectivity index (χ2n) is 4.43. The summed E-state index contributed by atoms with van der Waals surface area (Å²) in [6.07, 6.45) is 0. The van der Waals surface area contributed by atoms with E-state index in [0.717, 1.165) is 4.88 Å². The quantitative estimate of drug-likeness (QED) is 0.832. The third-order valence-corrected chi connectivity index (χ3v) is 3.90. The first-order valence-corrected chi connectivity index (χ1v) is 7.32. The Labute approximate surface area is 122 Å². The third kappa shape index (κ3) is 3.51. The Kier molecular flexibility index (Phi) is 4.63. The summed E-state index contributed by atoms with van der Waals surface area (Å²) in [6.45, 7) is 4.99. The van der Waals surface area contributed by atoms with Gasteiger partial charge in [-0.1, -0.05) is 0 Å². The molecule has 4 nitrogen and oxygen atoms in total. The molecule has 0 saturated carbocycles. The minimum Gasteiger partial charge on any atom is -0.494 e. The molecule has 1 heterocycles. The molecule has 0 fully saturated rings. The number of hydrogen-bond donors (Lipinski definition) is 2. The Balaban J connectivity index is 2.07. The van der Waals surface area contributed by atoms with E-state index in [-0.39, 0.29) is 5.91 Å². The van der Waals surface area contributed by atoms with Crippen LogP contribution in [0.5, 0.6) is 5.75 Å². The molecule has 0 radical (unpaired) electrons. The van der Waals surface area contributed by atoms with Gasteiger partial charge in [0.25, 0.3) is 5.91 Å². The number of nitrogens with one attached hydrogen (secondary N) is 1. The van der Waals surface area contributed by atoms with Gasteiger partial charge >= 0.3 is 0 Å².